The lowest BCUT2D eigenvalue weighted by atomic mass is 10.1. The van der Waals surface area contributed by atoms with E-state index in [1.807, 2.05) is 25.3 Å². The summed E-state index contributed by atoms with van der Waals surface area (Å²) in [7, 11) is 0. The van der Waals surface area contributed by atoms with Gasteiger partial charge in [0.25, 0.3) is 11.8 Å². The molecule has 2 amide bonds. The third-order valence-corrected chi connectivity index (χ3v) is 4.42. The van der Waals surface area contributed by atoms with Crippen molar-refractivity contribution < 1.29 is 14.0 Å². The molecule has 27 heavy (non-hydrogen) atoms. The van der Waals surface area contributed by atoms with Gasteiger partial charge in [0.15, 0.2) is 5.82 Å². The molecule has 0 saturated heterocycles. The number of imidazole rings is 1. The quantitative estimate of drug-likeness (QED) is 0.867. The molecule has 1 aromatic carbocycles. The summed E-state index contributed by atoms with van der Waals surface area (Å²) in [6, 6.07) is 6.30. The number of amides is 2. The summed E-state index contributed by atoms with van der Waals surface area (Å²) in [4.78, 5) is 29.7. The third-order valence-electron chi connectivity index (χ3n) is 4.42. The number of fused-ring (bicyclic) bond motifs is 1. The molecule has 1 aliphatic rings. The molecule has 144 valence electrons. The zero-order valence-electron chi connectivity index (χ0n) is 15.9. The summed E-state index contributed by atoms with van der Waals surface area (Å²) in [5.41, 5.74) is 1.11. The van der Waals surface area contributed by atoms with Crippen molar-refractivity contribution in [2.24, 2.45) is 0 Å². The molecule has 3 rings (SSSR count). The van der Waals surface area contributed by atoms with Crippen LogP contribution < -0.4 is 10.6 Å². The van der Waals surface area contributed by atoms with Gasteiger partial charge in [-0.15, -0.1) is 0 Å². The maximum absolute atomic E-state index is 13.8. The van der Waals surface area contributed by atoms with Gasteiger partial charge in [-0.25, -0.2) is 9.37 Å². The monoisotopic (exact) mass is 372 g/mol. The Kier molecular flexibility index (Phi) is 5.30. The van der Waals surface area contributed by atoms with Crippen molar-refractivity contribution in [1.82, 2.24) is 20.2 Å². The molecule has 0 bridgehead atoms. The van der Waals surface area contributed by atoms with Gasteiger partial charge >= 0.3 is 0 Å². The lowest BCUT2D eigenvalue weighted by Gasteiger charge is -2.21. The van der Waals surface area contributed by atoms with Crippen molar-refractivity contribution in [1.29, 1.82) is 0 Å². The summed E-state index contributed by atoms with van der Waals surface area (Å²) in [5, 5.41) is 5.62. The fourth-order valence-electron chi connectivity index (χ4n) is 3.19. The average Bonchev–Trinajstić information content (AvgIpc) is 2.99. The minimum absolute atomic E-state index is 0.0667. The lowest BCUT2D eigenvalue weighted by Crippen LogP contribution is -2.41. The molecule has 0 atom stereocenters. The number of hydrogen-bond acceptors (Lipinski definition) is 3. The van der Waals surface area contributed by atoms with Crippen LogP contribution in [0.3, 0.4) is 0 Å². The first kappa shape index (κ1) is 19.1. The fourth-order valence-corrected chi connectivity index (χ4v) is 3.19. The maximum Gasteiger partial charge on any atom is 0.287 e. The van der Waals surface area contributed by atoms with E-state index in [0.717, 1.165) is 18.5 Å². The van der Waals surface area contributed by atoms with E-state index in [2.05, 4.69) is 15.6 Å². The highest BCUT2D eigenvalue weighted by atomic mass is 19.1. The Hall–Kier alpha value is -2.70. The van der Waals surface area contributed by atoms with Crippen LogP contribution in [0.15, 0.2) is 24.3 Å². The van der Waals surface area contributed by atoms with Crippen LogP contribution in [-0.4, -0.2) is 26.9 Å². The van der Waals surface area contributed by atoms with Gasteiger partial charge in [0, 0.05) is 24.2 Å². The van der Waals surface area contributed by atoms with E-state index >= 15 is 0 Å². The Balaban J connectivity index is 1.83. The van der Waals surface area contributed by atoms with E-state index in [9.17, 15) is 14.0 Å². The Morgan fingerprint density at radius 1 is 1.19 bits per heavy atom. The second-order valence-electron chi connectivity index (χ2n) is 7.82. The Labute approximate surface area is 158 Å². The van der Waals surface area contributed by atoms with Crippen LogP contribution in [0.5, 0.6) is 0 Å². The SMILES string of the molecule is CC(C)(C)NC(=O)c1nc(C(=O)NCc2ccccc2F)n2c1CCCC2. The smallest absolute Gasteiger partial charge is 0.287 e. The van der Waals surface area contributed by atoms with Crippen molar-refractivity contribution in [3.63, 3.8) is 0 Å². The molecule has 2 heterocycles. The molecule has 7 heteroatoms. The van der Waals surface area contributed by atoms with Crippen LogP contribution in [0, 0.1) is 5.82 Å². The van der Waals surface area contributed by atoms with Gasteiger partial charge in [-0.2, -0.15) is 0 Å². The molecule has 6 nitrogen and oxygen atoms in total. The predicted octanol–water partition coefficient (Wildman–Crippen LogP) is 2.82. The number of halogens is 1. The third kappa shape index (κ3) is 4.35. The number of nitrogens with one attached hydrogen (secondary N) is 2. The number of hydrogen-bond donors (Lipinski definition) is 2. The largest absolute Gasteiger partial charge is 0.346 e. The minimum Gasteiger partial charge on any atom is -0.346 e. The van der Waals surface area contributed by atoms with E-state index in [1.165, 1.54) is 6.07 Å². The molecule has 0 unspecified atom stereocenters. The summed E-state index contributed by atoms with van der Waals surface area (Å²) in [6.45, 7) is 6.41. The van der Waals surface area contributed by atoms with E-state index in [4.69, 9.17) is 0 Å². The zero-order chi connectivity index (χ0) is 19.6. The lowest BCUT2D eigenvalue weighted by molar-refractivity contribution is 0.0913. The Bertz CT molecular complexity index is 867. The van der Waals surface area contributed by atoms with Gasteiger partial charge in [0.2, 0.25) is 0 Å². The molecule has 0 radical (unpaired) electrons. The van der Waals surface area contributed by atoms with E-state index in [-0.39, 0.29) is 24.1 Å². The minimum atomic E-state index is -0.406. The molecular weight excluding hydrogens is 347 g/mol. The fraction of sp³-hybridized carbons (Fsp3) is 0.450. The van der Waals surface area contributed by atoms with Crippen molar-refractivity contribution in [3.8, 4) is 0 Å². The molecule has 0 aliphatic carbocycles. The van der Waals surface area contributed by atoms with Gasteiger partial charge in [-0.1, -0.05) is 18.2 Å². The second kappa shape index (κ2) is 7.50. The van der Waals surface area contributed by atoms with Gasteiger partial charge in [-0.3, -0.25) is 9.59 Å². The maximum atomic E-state index is 13.8. The number of nitrogens with zero attached hydrogens (tertiary/aromatic N) is 2. The first-order valence-corrected chi connectivity index (χ1v) is 9.20. The molecule has 1 aliphatic heterocycles. The van der Waals surface area contributed by atoms with Crippen LogP contribution in [-0.2, 0) is 19.5 Å². The Morgan fingerprint density at radius 3 is 2.63 bits per heavy atom. The second-order valence-corrected chi connectivity index (χ2v) is 7.82. The summed E-state index contributed by atoms with van der Waals surface area (Å²) in [6.07, 6.45) is 2.59. The standard InChI is InChI=1S/C20H25FN4O2/c1-20(2,3)24-18(26)16-15-10-6-7-11-25(15)17(23-16)19(27)22-12-13-8-4-5-9-14(13)21/h4-5,8-9H,6-7,10-12H2,1-3H3,(H,22,27)(H,24,26). The number of rotatable bonds is 4. The molecule has 0 spiro atoms. The summed E-state index contributed by atoms with van der Waals surface area (Å²) < 4.78 is 15.6. The zero-order valence-corrected chi connectivity index (χ0v) is 15.9. The van der Waals surface area contributed by atoms with Crippen molar-refractivity contribution in [2.45, 2.75) is 58.7 Å². The van der Waals surface area contributed by atoms with E-state index in [0.29, 0.717) is 24.2 Å². The molecular formula is C20H25FN4O2. The highest BCUT2D eigenvalue weighted by Gasteiger charge is 2.28. The molecule has 0 saturated carbocycles. The molecule has 2 N–H and O–H groups in total. The highest BCUT2D eigenvalue weighted by Crippen LogP contribution is 2.22. The highest BCUT2D eigenvalue weighted by molar-refractivity contribution is 5.97. The summed E-state index contributed by atoms with van der Waals surface area (Å²) in [5.74, 6) is -0.842. The first-order chi connectivity index (χ1) is 12.8. The van der Waals surface area contributed by atoms with Gasteiger partial charge in [0.1, 0.15) is 11.5 Å². The van der Waals surface area contributed by atoms with Crippen molar-refractivity contribution in [2.75, 3.05) is 0 Å². The average molecular weight is 372 g/mol. The van der Waals surface area contributed by atoms with Crippen LogP contribution in [0.25, 0.3) is 0 Å². The van der Waals surface area contributed by atoms with Crippen LogP contribution in [0.2, 0.25) is 0 Å². The van der Waals surface area contributed by atoms with Gasteiger partial charge in [0.05, 0.1) is 5.69 Å². The van der Waals surface area contributed by atoms with Crippen molar-refractivity contribution >= 4 is 11.8 Å². The first-order valence-electron chi connectivity index (χ1n) is 9.20. The number of carbonyl (C=O) groups is 2. The van der Waals surface area contributed by atoms with Gasteiger partial charge in [-0.05, 0) is 46.1 Å². The van der Waals surface area contributed by atoms with Gasteiger partial charge < -0.3 is 15.2 Å². The molecule has 1 aromatic heterocycles. The van der Waals surface area contributed by atoms with E-state index < -0.39 is 11.4 Å². The molecule has 0 fully saturated rings. The van der Waals surface area contributed by atoms with Crippen LogP contribution in [0.1, 0.15) is 66.0 Å². The summed E-state index contributed by atoms with van der Waals surface area (Å²) >= 11 is 0. The molecule has 2 aromatic rings. The number of benzene rings is 1. The topological polar surface area (TPSA) is 76.0 Å². The van der Waals surface area contributed by atoms with Crippen LogP contribution in [0.4, 0.5) is 4.39 Å². The van der Waals surface area contributed by atoms with Crippen molar-refractivity contribution in [3.05, 3.63) is 52.9 Å². The predicted molar refractivity (Wildman–Crippen MR) is 100.0 cm³/mol. The number of aromatic nitrogens is 2. The normalized spacial score (nSPS) is 13.8. The van der Waals surface area contributed by atoms with Crippen LogP contribution >= 0.6 is 0 Å². The Morgan fingerprint density at radius 2 is 1.93 bits per heavy atom. The van der Waals surface area contributed by atoms with E-state index in [1.54, 1.807) is 18.2 Å². The number of carbonyl (C=O) groups excluding carboxylic acids is 2.